The molecule has 152 valence electrons. The molecule has 29 heavy (non-hydrogen) atoms. The van der Waals surface area contributed by atoms with Crippen LogP contribution in [0, 0.1) is 21.7 Å². The topological polar surface area (TPSA) is 116 Å². The minimum atomic E-state index is -1.26. The van der Waals surface area contributed by atoms with E-state index in [2.05, 4.69) is 5.32 Å². The molecular formula is C19H16F2N2O6. The number of ketones is 1. The number of nitro groups is 1. The summed E-state index contributed by atoms with van der Waals surface area (Å²) in [6.07, 6.45) is -1.74. The summed E-state index contributed by atoms with van der Waals surface area (Å²) >= 11 is 0. The summed E-state index contributed by atoms with van der Waals surface area (Å²) in [5, 5.41) is 13.0. The van der Waals surface area contributed by atoms with E-state index in [1.54, 1.807) is 0 Å². The SMILES string of the molecule is C[C@H](OC(=O)CCC(=O)c1ccc(F)cc1)C(=O)Nc1ccc(F)c([N+](=O)[O-])c1. The van der Waals surface area contributed by atoms with Crippen molar-refractivity contribution in [1.29, 1.82) is 0 Å². The highest BCUT2D eigenvalue weighted by Crippen LogP contribution is 2.21. The number of Topliss-reactive ketones (excluding diaryl/α,β-unsaturated/α-hetero) is 1. The first kappa shape index (κ1) is 21.6. The normalized spacial score (nSPS) is 11.4. The molecular weight excluding hydrogens is 390 g/mol. The molecule has 0 aliphatic heterocycles. The third kappa shape index (κ3) is 6.16. The third-order valence-electron chi connectivity index (χ3n) is 3.81. The van der Waals surface area contributed by atoms with Gasteiger partial charge in [-0.1, -0.05) is 0 Å². The van der Waals surface area contributed by atoms with Crippen molar-refractivity contribution in [3.05, 3.63) is 69.8 Å². The van der Waals surface area contributed by atoms with E-state index in [1.807, 2.05) is 0 Å². The number of hydrogen-bond donors (Lipinski definition) is 1. The van der Waals surface area contributed by atoms with E-state index in [-0.39, 0.29) is 24.1 Å². The smallest absolute Gasteiger partial charge is 0.307 e. The van der Waals surface area contributed by atoms with E-state index in [9.17, 15) is 33.3 Å². The first-order valence-electron chi connectivity index (χ1n) is 8.40. The fraction of sp³-hybridized carbons (Fsp3) is 0.211. The maximum Gasteiger partial charge on any atom is 0.307 e. The number of halogens is 2. The van der Waals surface area contributed by atoms with Crippen LogP contribution < -0.4 is 5.32 Å². The number of carbonyl (C=O) groups excluding carboxylic acids is 3. The second-order valence-corrected chi connectivity index (χ2v) is 5.97. The van der Waals surface area contributed by atoms with Crippen LogP contribution in [-0.4, -0.2) is 28.7 Å². The van der Waals surface area contributed by atoms with Crippen molar-refractivity contribution < 1.29 is 32.8 Å². The van der Waals surface area contributed by atoms with Gasteiger partial charge in [0.15, 0.2) is 11.9 Å². The molecule has 0 aromatic heterocycles. The molecule has 0 aliphatic carbocycles. The second kappa shape index (κ2) is 9.49. The molecule has 0 unspecified atom stereocenters. The first-order chi connectivity index (χ1) is 13.7. The van der Waals surface area contributed by atoms with Gasteiger partial charge in [0.2, 0.25) is 5.82 Å². The Morgan fingerprint density at radius 2 is 1.76 bits per heavy atom. The van der Waals surface area contributed by atoms with E-state index in [4.69, 9.17) is 4.74 Å². The molecule has 1 atom stereocenters. The molecule has 1 amide bonds. The fourth-order valence-corrected chi connectivity index (χ4v) is 2.28. The van der Waals surface area contributed by atoms with Crippen LogP contribution in [0.2, 0.25) is 0 Å². The Labute approximate surface area is 163 Å². The molecule has 0 saturated heterocycles. The summed E-state index contributed by atoms with van der Waals surface area (Å²) in [6.45, 7) is 1.27. The zero-order valence-corrected chi connectivity index (χ0v) is 15.2. The van der Waals surface area contributed by atoms with Gasteiger partial charge >= 0.3 is 11.7 Å². The van der Waals surface area contributed by atoms with Gasteiger partial charge in [-0.25, -0.2) is 4.39 Å². The Kier molecular flexibility index (Phi) is 7.07. The van der Waals surface area contributed by atoms with Crippen molar-refractivity contribution in [2.45, 2.75) is 25.9 Å². The molecule has 0 heterocycles. The van der Waals surface area contributed by atoms with Crippen LogP contribution in [0.5, 0.6) is 0 Å². The molecule has 2 aromatic carbocycles. The average Bonchev–Trinajstić information content (AvgIpc) is 2.67. The van der Waals surface area contributed by atoms with Crippen molar-refractivity contribution in [2.75, 3.05) is 5.32 Å². The number of anilines is 1. The number of nitrogens with zero attached hydrogens (tertiary/aromatic N) is 1. The molecule has 10 heteroatoms. The summed E-state index contributed by atoms with van der Waals surface area (Å²) < 4.78 is 31.1. The summed E-state index contributed by atoms with van der Waals surface area (Å²) in [7, 11) is 0. The molecule has 0 spiro atoms. The van der Waals surface area contributed by atoms with E-state index >= 15 is 0 Å². The Hall–Kier alpha value is -3.69. The summed E-state index contributed by atoms with van der Waals surface area (Å²) in [6, 6.07) is 7.61. The minimum absolute atomic E-state index is 0.0440. The molecule has 0 radical (unpaired) electrons. The van der Waals surface area contributed by atoms with Gasteiger partial charge in [-0.15, -0.1) is 0 Å². The van der Waals surface area contributed by atoms with Crippen LogP contribution in [0.25, 0.3) is 0 Å². The number of esters is 1. The van der Waals surface area contributed by atoms with Crippen LogP contribution in [0.3, 0.4) is 0 Å². The number of hydrogen-bond acceptors (Lipinski definition) is 6. The monoisotopic (exact) mass is 406 g/mol. The fourth-order valence-electron chi connectivity index (χ4n) is 2.28. The van der Waals surface area contributed by atoms with Gasteiger partial charge in [0.1, 0.15) is 5.82 Å². The molecule has 1 N–H and O–H groups in total. The zero-order valence-electron chi connectivity index (χ0n) is 15.2. The van der Waals surface area contributed by atoms with Gasteiger partial charge in [-0.05, 0) is 43.3 Å². The van der Waals surface area contributed by atoms with Gasteiger partial charge in [0, 0.05) is 23.7 Å². The maximum atomic E-state index is 13.3. The molecule has 2 rings (SSSR count). The highest BCUT2D eigenvalue weighted by atomic mass is 19.1. The van der Waals surface area contributed by atoms with E-state index in [0.29, 0.717) is 0 Å². The lowest BCUT2D eigenvalue weighted by Crippen LogP contribution is -2.30. The van der Waals surface area contributed by atoms with Gasteiger partial charge in [-0.2, -0.15) is 4.39 Å². The quantitative estimate of drug-likeness (QED) is 0.311. The number of carbonyl (C=O) groups is 3. The molecule has 0 aliphatic rings. The number of rotatable bonds is 8. The average molecular weight is 406 g/mol. The van der Waals surface area contributed by atoms with Crippen LogP contribution in [-0.2, 0) is 14.3 Å². The van der Waals surface area contributed by atoms with Crippen LogP contribution in [0.15, 0.2) is 42.5 Å². The van der Waals surface area contributed by atoms with Crippen molar-refractivity contribution in [3.8, 4) is 0 Å². The Bertz CT molecular complexity index is 946. The van der Waals surface area contributed by atoms with Crippen LogP contribution >= 0.6 is 0 Å². The number of nitro benzene ring substituents is 1. The predicted octanol–water partition coefficient (Wildman–Crippen LogP) is 3.41. The first-order valence-corrected chi connectivity index (χ1v) is 8.40. The van der Waals surface area contributed by atoms with E-state index < -0.39 is 46.0 Å². The van der Waals surface area contributed by atoms with Crippen molar-refractivity contribution >= 4 is 29.0 Å². The van der Waals surface area contributed by atoms with Gasteiger partial charge < -0.3 is 10.1 Å². The summed E-state index contributed by atoms with van der Waals surface area (Å²) in [5.41, 5.74) is -0.618. The number of ether oxygens (including phenoxy) is 1. The van der Waals surface area contributed by atoms with Gasteiger partial charge in [-0.3, -0.25) is 24.5 Å². The lowest BCUT2D eigenvalue weighted by molar-refractivity contribution is -0.387. The van der Waals surface area contributed by atoms with E-state index in [0.717, 1.165) is 30.3 Å². The molecule has 0 bridgehead atoms. The summed E-state index contributed by atoms with van der Waals surface area (Å²) in [5.74, 6) is -3.54. The Morgan fingerprint density at radius 3 is 2.38 bits per heavy atom. The molecule has 0 saturated carbocycles. The second-order valence-electron chi connectivity index (χ2n) is 5.97. The molecule has 0 fully saturated rings. The van der Waals surface area contributed by atoms with Crippen molar-refractivity contribution in [1.82, 2.24) is 0 Å². The lowest BCUT2D eigenvalue weighted by atomic mass is 10.1. The third-order valence-corrected chi connectivity index (χ3v) is 3.81. The van der Waals surface area contributed by atoms with Crippen LogP contribution in [0.1, 0.15) is 30.1 Å². The van der Waals surface area contributed by atoms with E-state index in [1.165, 1.54) is 19.1 Å². The number of nitrogens with one attached hydrogen (secondary N) is 1. The Balaban J connectivity index is 1.86. The largest absolute Gasteiger partial charge is 0.453 e. The number of amides is 1. The Morgan fingerprint density at radius 1 is 1.10 bits per heavy atom. The lowest BCUT2D eigenvalue weighted by Gasteiger charge is -2.13. The highest BCUT2D eigenvalue weighted by molar-refractivity contribution is 5.98. The highest BCUT2D eigenvalue weighted by Gasteiger charge is 2.21. The van der Waals surface area contributed by atoms with Crippen LogP contribution in [0.4, 0.5) is 20.2 Å². The number of benzene rings is 2. The van der Waals surface area contributed by atoms with Gasteiger partial charge in [0.25, 0.3) is 5.91 Å². The maximum absolute atomic E-state index is 13.3. The van der Waals surface area contributed by atoms with Gasteiger partial charge in [0.05, 0.1) is 11.3 Å². The predicted molar refractivity (Wildman–Crippen MR) is 97.2 cm³/mol. The standard InChI is InChI=1S/C19H16F2N2O6/c1-11(19(26)22-14-6-7-15(21)16(10-14)23(27)28)29-18(25)9-8-17(24)12-2-4-13(20)5-3-12/h2-7,10-11H,8-9H2,1H3,(H,22,26)/t11-/m0/s1. The van der Waals surface area contributed by atoms with Crippen molar-refractivity contribution in [3.63, 3.8) is 0 Å². The molecule has 8 nitrogen and oxygen atoms in total. The van der Waals surface area contributed by atoms with Crippen molar-refractivity contribution in [2.24, 2.45) is 0 Å². The molecule has 2 aromatic rings. The minimum Gasteiger partial charge on any atom is -0.453 e. The summed E-state index contributed by atoms with van der Waals surface area (Å²) in [4.78, 5) is 45.6. The zero-order chi connectivity index (χ0) is 21.6.